The summed E-state index contributed by atoms with van der Waals surface area (Å²) < 4.78 is 8.34. The fourth-order valence-corrected chi connectivity index (χ4v) is 4.75. The van der Waals surface area contributed by atoms with Gasteiger partial charge in [-0.25, -0.2) is 4.98 Å². The Labute approximate surface area is 174 Å². The quantitative estimate of drug-likeness (QED) is 0.621. The fourth-order valence-electron chi connectivity index (χ4n) is 3.62. The second-order valence-electron chi connectivity index (χ2n) is 7.32. The number of nitrogens with zero attached hydrogens (tertiary/aromatic N) is 5. The van der Waals surface area contributed by atoms with Crippen molar-refractivity contribution >= 4 is 32.6 Å². The Bertz CT molecular complexity index is 967. The summed E-state index contributed by atoms with van der Waals surface area (Å²) in [7, 11) is 0. The number of aryl methyl sites for hydroxylation is 3. The molecule has 154 valence electrons. The van der Waals surface area contributed by atoms with Gasteiger partial charge in [-0.15, -0.1) is 0 Å². The van der Waals surface area contributed by atoms with Crippen LogP contribution in [0.5, 0.6) is 0 Å². The molecule has 1 fully saturated rings. The molecule has 0 saturated carbocycles. The highest BCUT2D eigenvalue weighted by molar-refractivity contribution is 7.22. The first-order chi connectivity index (χ1) is 14.1. The van der Waals surface area contributed by atoms with Crippen LogP contribution in [0.1, 0.15) is 28.5 Å². The molecular formula is C21H27N5O2S. The lowest BCUT2D eigenvalue weighted by Crippen LogP contribution is -2.43. The Morgan fingerprint density at radius 3 is 2.69 bits per heavy atom. The van der Waals surface area contributed by atoms with Gasteiger partial charge in [-0.1, -0.05) is 23.5 Å². The standard InChI is InChI=1S/C21H27N5O2S/c1-4-26-17(7-8-22-26)20(27)25(10-9-24-11-13-28-14-12-24)21-23-18-15(2)5-6-16(3)19(18)29-21/h5-8H,4,9-14H2,1-3H3. The molecule has 0 radical (unpaired) electrons. The van der Waals surface area contributed by atoms with Crippen LogP contribution in [-0.2, 0) is 11.3 Å². The summed E-state index contributed by atoms with van der Waals surface area (Å²) in [6.07, 6.45) is 1.68. The second-order valence-corrected chi connectivity index (χ2v) is 8.29. The van der Waals surface area contributed by atoms with Gasteiger partial charge in [0.15, 0.2) is 5.13 Å². The van der Waals surface area contributed by atoms with E-state index in [0.717, 1.165) is 53.8 Å². The summed E-state index contributed by atoms with van der Waals surface area (Å²) in [6.45, 7) is 11.5. The van der Waals surface area contributed by atoms with Crippen molar-refractivity contribution in [2.75, 3.05) is 44.3 Å². The smallest absolute Gasteiger partial charge is 0.278 e. The second kappa shape index (κ2) is 8.61. The van der Waals surface area contributed by atoms with E-state index in [9.17, 15) is 4.79 Å². The molecule has 1 aromatic carbocycles. The average molecular weight is 414 g/mol. The van der Waals surface area contributed by atoms with Crippen LogP contribution in [0.3, 0.4) is 0 Å². The number of anilines is 1. The number of aromatic nitrogens is 3. The van der Waals surface area contributed by atoms with Crippen molar-refractivity contribution in [2.24, 2.45) is 0 Å². The molecule has 0 atom stereocenters. The van der Waals surface area contributed by atoms with Crippen molar-refractivity contribution in [3.05, 3.63) is 41.2 Å². The summed E-state index contributed by atoms with van der Waals surface area (Å²) in [6, 6.07) is 6.00. The van der Waals surface area contributed by atoms with Gasteiger partial charge < -0.3 is 4.74 Å². The number of fused-ring (bicyclic) bond motifs is 1. The number of morpholine rings is 1. The van der Waals surface area contributed by atoms with E-state index in [0.29, 0.717) is 18.8 Å². The highest BCUT2D eigenvalue weighted by Gasteiger charge is 2.25. The number of hydrogen-bond acceptors (Lipinski definition) is 6. The van der Waals surface area contributed by atoms with Crippen LogP contribution in [-0.4, -0.2) is 65.0 Å². The Kier molecular flexibility index (Phi) is 5.94. The third-order valence-electron chi connectivity index (χ3n) is 5.39. The number of ether oxygens (including phenoxy) is 1. The molecule has 2 aromatic heterocycles. The Morgan fingerprint density at radius 2 is 1.97 bits per heavy atom. The first-order valence-corrected chi connectivity index (χ1v) is 10.9. The number of benzene rings is 1. The van der Waals surface area contributed by atoms with Crippen LogP contribution < -0.4 is 4.90 Å². The fraction of sp³-hybridized carbons (Fsp3) is 0.476. The predicted molar refractivity (Wildman–Crippen MR) is 116 cm³/mol. The first-order valence-electron chi connectivity index (χ1n) is 10.1. The van der Waals surface area contributed by atoms with E-state index >= 15 is 0 Å². The zero-order valence-corrected chi connectivity index (χ0v) is 18.0. The molecule has 3 heterocycles. The van der Waals surface area contributed by atoms with Crippen LogP contribution in [0, 0.1) is 13.8 Å². The molecule has 0 unspecified atom stereocenters. The van der Waals surface area contributed by atoms with Crippen molar-refractivity contribution in [3.8, 4) is 0 Å². The maximum atomic E-state index is 13.5. The molecule has 7 nitrogen and oxygen atoms in total. The van der Waals surface area contributed by atoms with E-state index in [1.807, 2.05) is 11.8 Å². The van der Waals surface area contributed by atoms with Crippen molar-refractivity contribution in [3.63, 3.8) is 0 Å². The Hall–Kier alpha value is -2.29. The number of rotatable bonds is 6. The lowest BCUT2D eigenvalue weighted by atomic mass is 10.1. The van der Waals surface area contributed by atoms with Gasteiger partial charge in [0.05, 0.1) is 23.4 Å². The van der Waals surface area contributed by atoms with E-state index < -0.39 is 0 Å². The van der Waals surface area contributed by atoms with Crippen LogP contribution >= 0.6 is 11.3 Å². The lowest BCUT2D eigenvalue weighted by molar-refractivity contribution is 0.0391. The molecule has 0 bridgehead atoms. The summed E-state index contributed by atoms with van der Waals surface area (Å²) in [5.41, 5.74) is 3.90. The lowest BCUT2D eigenvalue weighted by Gasteiger charge is -2.29. The number of thiazole rings is 1. The van der Waals surface area contributed by atoms with Gasteiger partial charge in [-0.3, -0.25) is 19.3 Å². The van der Waals surface area contributed by atoms with Gasteiger partial charge in [0.2, 0.25) is 0 Å². The molecule has 3 aromatic rings. The molecule has 0 spiro atoms. The van der Waals surface area contributed by atoms with Gasteiger partial charge in [0, 0.05) is 38.9 Å². The highest BCUT2D eigenvalue weighted by atomic mass is 32.1. The molecule has 1 amide bonds. The Balaban J connectivity index is 1.68. The Morgan fingerprint density at radius 1 is 1.21 bits per heavy atom. The van der Waals surface area contributed by atoms with Gasteiger partial charge >= 0.3 is 0 Å². The van der Waals surface area contributed by atoms with Gasteiger partial charge in [0.1, 0.15) is 5.69 Å². The van der Waals surface area contributed by atoms with Crippen LogP contribution in [0.15, 0.2) is 24.4 Å². The number of carbonyl (C=O) groups excluding carboxylic acids is 1. The van der Waals surface area contributed by atoms with E-state index in [4.69, 9.17) is 9.72 Å². The van der Waals surface area contributed by atoms with Crippen molar-refractivity contribution < 1.29 is 9.53 Å². The van der Waals surface area contributed by atoms with E-state index in [1.54, 1.807) is 28.3 Å². The molecule has 29 heavy (non-hydrogen) atoms. The molecule has 1 aliphatic heterocycles. The molecule has 0 aliphatic carbocycles. The van der Waals surface area contributed by atoms with Crippen LogP contribution in [0.25, 0.3) is 10.2 Å². The minimum Gasteiger partial charge on any atom is -0.379 e. The molecular weight excluding hydrogens is 386 g/mol. The van der Waals surface area contributed by atoms with E-state index in [1.165, 1.54) is 5.56 Å². The monoisotopic (exact) mass is 413 g/mol. The first kappa shape index (κ1) is 20.0. The van der Waals surface area contributed by atoms with E-state index in [-0.39, 0.29) is 5.91 Å². The zero-order chi connectivity index (χ0) is 20.4. The maximum Gasteiger partial charge on any atom is 0.278 e. The summed E-state index contributed by atoms with van der Waals surface area (Å²) in [4.78, 5) is 22.5. The maximum absolute atomic E-state index is 13.5. The molecule has 1 saturated heterocycles. The predicted octanol–water partition coefficient (Wildman–Crippen LogP) is 3.11. The van der Waals surface area contributed by atoms with Gasteiger partial charge in [-0.05, 0) is 38.0 Å². The SMILES string of the molecule is CCn1nccc1C(=O)N(CCN1CCOCC1)c1nc2c(C)ccc(C)c2s1. The zero-order valence-electron chi connectivity index (χ0n) is 17.2. The van der Waals surface area contributed by atoms with Gasteiger partial charge in [0.25, 0.3) is 5.91 Å². The van der Waals surface area contributed by atoms with Gasteiger partial charge in [-0.2, -0.15) is 5.10 Å². The minimum absolute atomic E-state index is 0.0491. The topological polar surface area (TPSA) is 63.5 Å². The molecule has 4 rings (SSSR count). The number of amides is 1. The third-order valence-corrected chi connectivity index (χ3v) is 6.60. The van der Waals surface area contributed by atoms with Crippen molar-refractivity contribution in [2.45, 2.75) is 27.3 Å². The molecule has 0 N–H and O–H groups in total. The number of hydrogen-bond donors (Lipinski definition) is 0. The summed E-state index contributed by atoms with van der Waals surface area (Å²) in [5.74, 6) is -0.0491. The highest BCUT2D eigenvalue weighted by Crippen LogP contribution is 2.33. The average Bonchev–Trinajstić information content (AvgIpc) is 3.39. The largest absolute Gasteiger partial charge is 0.379 e. The van der Waals surface area contributed by atoms with Crippen molar-refractivity contribution in [1.82, 2.24) is 19.7 Å². The third kappa shape index (κ3) is 4.05. The number of carbonyl (C=O) groups is 1. The normalized spacial score (nSPS) is 15.1. The van der Waals surface area contributed by atoms with Crippen LogP contribution in [0.4, 0.5) is 5.13 Å². The van der Waals surface area contributed by atoms with Crippen molar-refractivity contribution in [1.29, 1.82) is 0 Å². The van der Waals surface area contributed by atoms with Crippen LogP contribution in [0.2, 0.25) is 0 Å². The minimum atomic E-state index is -0.0491. The molecule has 1 aliphatic rings. The summed E-state index contributed by atoms with van der Waals surface area (Å²) >= 11 is 1.59. The van der Waals surface area contributed by atoms with E-state index in [2.05, 4.69) is 36.0 Å². The summed E-state index contributed by atoms with van der Waals surface area (Å²) in [5, 5.41) is 5.03. The molecule has 8 heteroatoms.